The molecule has 94 valence electrons. The molecular formula is C14H8Cl2N2O. The molecule has 3 nitrogen and oxygen atoms in total. The van der Waals surface area contributed by atoms with Crippen molar-refractivity contribution in [1.82, 2.24) is 9.55 Å². The highest BCUT2D eigenvalue weighted by atomic mass is 35.5. The molecule has 0 atom stereocenters. The predicted octanol–water partition coefficient (Wildman–Crippen LogP) is 3.69. The zero-order valence-corrected chi connectivity index (χ0v) is 11.2. The Labute approximate surface area is 119 Å². The molecule has 0 aliphatic rings. The number of nitrogens with zero attached hydrogens (tertiary/aromatic N) is 2. The molecule has 0 saturated heterocycles. The monoisotopic (exact) mass is 290 g/mol. The molecule has 19 heavy (non-hydrogen) atoms. The zero-order chi connectivity index (χ0) is 13.4. The lowest BCUT2D eigenvalue weighted by atomic mass is 10.2. The molecular weight excluding hydrogens is 283 g/mol. The Kier molecular flexibility index (Phi) is 3.01. The van der Waals surface area contributed by atoms with Crippen LogP contribution >= 0.6 is 23.2 Å². The first-order valence-corrected chi connectivity index (χ1v) is 6.33. The number of halogens is 2. The van der Waals surface area contributed by atoms with Crippen molar-refractivity contribution in [3.8, 4) is 5.69 Å². The molecule has 0 spiro atoms. The van der Waals surface area contributed by atoms with Gasteiger partial charge >= 0.3 is 0 Å². The molecule has 2 aromatic carbocycles. The Morgan fingerprint density at radius 2 is 1.79 bits per heavy atom. The highest BCUT2D eigenvalue weighted by molar-refractivity contribution is 6.31. The molecule has 3 rings (SSSR count). The number of rotatable bonds is 1. The van der Waals surface area contributed by atoms with Gasteiger partial charge in [0.25, 0.3) is 5.56 Å². The minimum Gasteiger partial charge on any atom is -0.300 e. The Balaban J connectivity index is 2.39. The van der Waals surface area contributed by atoms with E-state index in [-0.39, 0.29) is 5.56 Å². The summed E-state index contributed by atoms with van der Waals surface area (Å²) in [5.41, 5.74) is 1.26. The van der Waals surface area contributed by atoms with E-state index in [1.807, 2.05) is 12.1 Å². The highest BCUT2D eigenvalue weighted by Gasteiger charge is 2.06. The van der Waals surface area contributed by atoms with Crippen molar-refractivity contribution in [2.75, 3.05) is 0 Å². The average Bonchev–Trinajstić information content (AvgIpc) is 2.39. The van der Waals surface area contributed by atoms with Gasteiger partial charge in [-0.05, 0) is 36.4 Å². The molecule has 0 N–H and O–H groups in total. The van der Waals surface area contributed by atoms with Crippen molar-refractivity contribution in [3.05, 3.63) is 69.2 Å². The second-order valence-electron chi connectivity index (χ2n) is 4.06. The molecule has 0 aliphatic carbocycles. The van der Waals surface area contributed by atoms with Crippen LogP contribution in [0.25, 0.3) is 16.6 Å². The summed E-state index contributed by atoms with van der Waals surface area (Å²) in [4.78, 5) is 15.6. The first-order chi connectivity index (χ1) is 9.15. The Hall–Kier alpha value is -1.84. The standard InChI is InChI=1S/C14H8Cl2N2O/c15-9-2-1-3-11(6-9)18-8-17-14(19)12-5-4-10(16)7-13(12)18/h1-8H. The lowest BCUT2D eigenvalue weighted by molar-refractivity contribution is 1.02. The first kappa shape index (κ1) is 12.2. The van der Waals surface area contributed by atoms with Crippen molar-refractivity contribution in [2.45, 2.75) is 0 Å². The normalized spacial score (nSPS) is 10.8. The summed E-state index contributed by atoms with van der Waals surface area (Å²) in [6, 6.07) is 12.4. The fraction of sp³-hybridized carbons (Fsp3) is 0. The summed E-state index contributed by atoms with van der Waals surface area (Å²) in [7, 11) is 0. The molecule has 0 saturated carbocycles. The van der Waals surface area contributed by atoms with Crippen molar-refractivity contribution in [3.63, 3.8) is 0 Å². The number of benzene rings is 2. The molecule has 0 aliphatic heterocycles. The fourth-order valence-electron chi connectivity index (χ4n) is 1.96. The Bertz CT molecular complexity index is 827. The van der Waals surface area contributed by atoms with Gasteiger partial charge in [-0.1, -0.05) is 29.3 Å². The van der Waals surface area contributed by atoms with Crippen LogP contribution in [0.2, 0.25) is 10.0 Å². The number of hydrogen-bond donors (Lipinski definition) is 0. The third kappa shape index (κ3) is 2.23. The van der Waals surface area contributed by atoms with Gasteiger partial charge in [-0.25, -0.2) is 0 Å². The van der Waals surface area contributed by atoms with Gasteiger partial charge in [-0.15, -0.1) is 0 Å². The largest absolute Gasteiger partial charge is 0.300 e. The lowest BCUT2D eigenvalue weighted by Crippen LogP contribution is -2.11. The second kappa shape index (κ2) is 4.68. The molecule has 3 aromatic rings. The van der Waals surface area contributed by atoms with Crippen molar-refractivity contribution in [2.24, 2.45) is 0 Å². The Morgan fingerprint density at radius 1 is 1.00 bits per heavy atom. The van der Waals surface area contributed by atoms with Gasteiger partial charge in [0.15, 0.2) is 0 Å². The number of hydrogen-bond acceptors (Lipinski definition) is 2. The van der Waals surface area contributed by atoms with Crippen LogP contribution in [0, 0.1) is 0 Å². The topological polar surface area (TPSA) is 34.9 Å². The summed E-state index contributed by atoms with van der Waals surface area (Å²) in [6.45, 7) is 0. The third-order valence-corrected chi connectivity index (χ3v) is 3.30. The van der Waals surface area contributed by atoms with Gasteiger partial charge in [0.2, 0.25) is 0 Å². The van der Waals surface area contributed by atoms with E-state index in [2.05, 4.69) is 4.98 Å². The first-order valence-electron chi connectivity index (χ1n) is 5.58. The SMILES string of the molecule is O=c1ncn(-c2cccc(Cl)c2)c2cc(Cl)ccc12. The number of aromatic nitrogens is 2. The highest BCUT2D eigenvalue weighted by Crippen LogP contribution is 2.21. The molecule has 0 bridgehead atoms. The van der Waals surface area contributed by atoms with Gasteiger partial charge in [-0.2, -0.15) is 4.98 Å². The predicted molar refractivity (Wildman–Crippen MR) is 77.4 cm³/mol. The summed E-state index contributed by atoms with van der Waals surface area (Å²) >= 11 is 12.0. The van der Waals surface area contributed by atoms with Crippen LogP contribution in [-0.2, 0) is 0 Å². The second-order valence-corrected chi connectivity index (χ2v) is 4.93. The number of fused-ring (bicyclic) bond motifs is 1. The van der Waals surface area contributed by atoms with Crippen LogP contribution in [0.15, 0.2) is 53.6 Å². The zero-order valence-electron chi connectivity index (χ0n) is 9.68. The van der Waals surface area contributed by atoms with E-state index in [0.717, 1.165) is 5.69 Å². The van der Waals surface area contributed by atoms with Crippen molar-refractivity contribution >= 4 is 34.1 Å². The van der Waals surface area contributed by atoms with E-state index in [1.54, 1.807) is 34.9 Å². The van der Waals surface area contributed by atoms with E-state index in [1.165, 1.54) is 6.33 Å². The molecule has 0 amide bonds. The fourth-order valence-corrected chi connectivity index (χ4v) is 2.31. The van der Waals surface area contributed by atoms with Gasteiger partial charge in [0, 0.05) is 15.7 Å². The van der Waals surface area contributed by atoms with Crippen LogP contribution in [-0.4, -0.2) is 9.55 Å². The molecule has 1 aromatic heterocycles. The molecule has 0 unspecified atom stereocenters. The maximum absolute atomic E-state index is 11.7. The van der Waals surface area contributed by atoms with Crippen LogP contribution < -0.4 is 5.56 Å². The average molecular weight is 291 g/mol. The molecule has 5 heteroatoms. The van der Waals surface area contributed by atoms with E-state index in [9.17, 15) is 4.79 Å². The molecule has 0 fully saturated rings. The van der Waals surface area contributed by atoms with Crippen molar-refractivity contribution in [1.29, 1.82) is 0 Å². The lowest BCUT2D eigenvalue weighted by Gasteiger charge is -2.10. The third-order valence-electron chi connectivity index (χ3n) is 2.83. The van der Waals surface area contributed by atoms with Crippen LogP contribution in [0.5, 0.6) is 0 Å². The summed E-state index contributed by atoms with van der Waals surface area (Å²) in [6.07, 6.45) is 1.48. The summed E-state index contributed by atoms with van der Waals surface area (Å²) < 4.78 is 1.79. The maximum atomic E-state index is 11.7. The van der Waals surface area contributed by atoms with E-state index < -0.39 is 0 Å². The minimum absolute atomic E-state index is 0.273. The van der Waals surface area contributed by atoms with E-state index in [0.29, 0.717) is 20.9 Å². The Morgan fingerprint density at radius 3 is 2.58 bits per heavy atom. The molecule has 0 radical (unpaired) electrons. The molecule has 1 heterocycles. The summed E-state index contributed by atoms with van der Waals surface area (Å²) in [5, 5.41) is 1.70. The van der Waals surface area contributed by atoms with Crippen LogP contribution in [0.4, 0.5) is 0 Å². The summed E-state index contributed by atoms with van der Waals surface area (Å²) in [5.74, 6) is 0. The minimum atomic E-state index is -0.273. The smallest absolute Gasteiger partial charge is 0.280 e. The van der Waals surface area contributed by atoms with Gasteiger partial charge in [0.1, 0.15) is 6.33 Å². The van der Waals surface area contributed by atoms with E-state index >= 15 is 0 Å². The van der Waals surface area contributed by atoms with Crippen molar-refractivity contribution < 1.29 is 0 Å². The van der Waals surface area contributed by atoms with Gasteiger partial charge in [0.05, 0.1) is 10.9 Å². The van der Waals surface area contributed by atoms with Crippen LogP contribution in [0.1, 0.15) is 0 Å². The quantitative estimate of drug-likeness (QED) is 0.685. The van der Waals surface area contributed by atoms with Crippen LogP contribution in [0.3, 0.4) is 0 Å². The maximum Gasteiger partial charge on any atom is 0.280 e. The van der Waals surface area contributed by atoms with Gasteiger partial charge < -0.3 is 4.57 Å². The van der Waals surface area contributed by atoms with E-state index in [4.69, 9.17) is 23.2 Å². The van der Waals surface area contributed by atoms with Gasteiger partial charge in [-0.3, -0.25) is 4.79 Å².